The predicted octanol–water partition coefficient (Wildman–Crippen LogP) is 2.91. The molecular formula is C14H25NO3. The molecular weight excluding hydrogens is 230 g/mol. The van der Waals surface area contributed by atoms with Gasteiger partial charge in [0.15, 0.2) is 0 Å². The van der Waals surface area contributed by atoms with E-state index >= 15 is 0 Å². The maximum atomic E-state index is 11.6. The van der Waals surface area contributed by atoms with Gasteiger partial charge in [-0.15, -0.1) is 0 Å². The lowest BCUT2D eigenvalue weighted by molar-refractivity contribution is -0.122. The molecule has 0 aromatic carbocycles. The monoisotopic (exact) mass is 255 g/mol. The number of Topliss-reactive ketones (excluding diaryl/α,β-unsaturated/α-hetero) is 1. The number of carbonyl (C=O) groups excluding carboxylic acids is 2. The lowest BCUT2D eigenvalue weighted by Crippen LogP contribution is -2.39. The SMILES string of the molecule is CCC1CCC(=O)CC1CNC(=O)OC(C)(C)C. The summed E-state index contributed by atoms with van der Waals surface area (Å²) in [7, 11) is 0. The molecule has 1 fully saturated rings. The van der Waals surface area contributed by atoms with Crippen LogP contribution in [0.5, 0.6) is 0 Å². The third-order valence-corrected chi connectivity index (χ3v) is 3.38. The van der Waals surface area contributed by atoms with Gasteiger partial charge < -0.3 is 10.1 Å². The van der Waals surface area contributed by atoms with E-state index in [0.717, 1.165) is 12.8 Å². The van der Waals surface area contributed by atoms with Gasteiger partial charge in [-0.05, 0) is 39.0 Å². The second kappa shape index (κ2) is 6.21. The first-order chi connectivity index (χ1) is 8.31. The highest BCUT2D eigenvalue weighted by molar-refractivity contribution is 5.79. The van der Waals surface area contributed by atoms with E-state index in [2.05, 4.69) is 12.2 Å². The van der Waals surface area contributed by atoms with E-state index in [1.54, 1.807) is 0 Å². The number of nitrogens with one attached hydrogen (secondary N) is 1. The molecule has 1 aliphatic carbocycles. The zero-order chi connectivity index (χ0) is 13.8. The van der Waals surface area contributed by atoms with Crippen molar-refractivity contribution in [2.45, 2.75) is 59.0 Å². The molecule has 0 saturated heterocycles. The highest BCUT2D eigenvalue weighted by Gasteiger charge is 2.28. The van der Waals surface area contributed by atoms with Crippen molar-refractivity contribution in [2.75, 3.05) is 6.54 Å². The van der Waals surface area contributed by atoms with E-state index < -0.39 is 11.7 Å². The number of rotatable bonds is 3. The third-order valence-electron chi connectivity index (χ3n) is 3.38. The number of hydrogen-bond donors (Lipinski definition) is 1. The predicted molar refractivity (Wildman–Crippen MR) is 70.4 cm³/mol. The quantitative estimate of drug-likeness (QED) is 0.843. The van der Waals surface area contributed by atoms with Crippen LogP contribution in [0.3, 0.4) is 0 Å². The fraction of sp³-hybridized carbons (Fsp3) is 0.857. The molecule has 0 aromatic rings. The minimum Gasteiger partial charge on any atom is -0.444 e. The summed E-state index contributed by atoms with van der Waals surface area (Å²) in [6.07, 6.45) is 2.91. The van der Waals surface area contributed by atoms with Gasteiger partial charge in [-0.2, -0.15) is 0 Å². The van der Waals surface area contributed by atoms with Crippen LogP contribution in [0.4, 0.5) is 4.79 Å². The second-order valence-corrected chi connectivity index (χ2v) is 6.09. The Labute approximate surface area is 109 Å². The van der Waals surface area contributed by atoms with Crippen molar-refractivity contribution in [3.8, 4) is 0 Å². The molecule has 0 aromatic heterocycles. The molecule has 18 heavy (non-hydrogen) atoms. The summed E-state index contributed by atoms with van der Waals surface area (Å²) in [5, 5.41) is 2.78. The zero-order valence-corrected chi connectivity index (χ0v) is 11.9. The largest absolute Gasteiger partial charge is 0.444 e. The van der Waals surface area contributed by atoms with Gasteiger partial charge in [0.2, 0.25) is 0 Å². The second-order valence-electron chi connectivity index (χ2n) is 6.09. The summed E-state index contributed by atoms with van der Waals surface area (Å²) in [5.41, 5.74) is -0.476. The number of ether oxygens (including phenoxy) is 1. The summed E-state index contributed by atoms with van der Waals surface area (Å²) in [5.74, 6) is 1.12. The lowest BCUT2D eigenvalue weighted by atomic mass is 9.77. The van der Waals surface area contributed by atoms with Crippen LogP contribution in [0.15, 0.2) is 0 Å². The van der Waals surface area contributed by atoms with Crippen LogP contribution >= 0.6 is 0 Å². The van der Waals surface area contributed by atoms with E-state index in [0.29, 0.717) is 31.1 Å². The van der Waals surface area contributed by atoms with E-state index in [4.69, 9.17) is 4.74 Å². The molecule has 1 aliphatic rings. The molecule has 4 heteroatoms. The molecule has 1 N–H and O–H groups in total. The molecule has 1 rings (SSSR count). The van der Waals surface area contributed by atoms with Crippen molar-refractivity contribution in [2.24, 2.45) is 11.8 Å². The van der Waals surface area contributed by atoms with Crippen molar-refractivity contribution in [3.63, 3.8) is 0 Å². The first kappa shape index (κ1) is 15.0. The number of hydrogen-bond acceptors (Lipinski definition) is 3. The van der Waals surface area contributed by atoms with Gasteiger partial charge in [-0.1, -0.05) is 13.3 Å². The molecule has 0 heterocycles. The van der Waals surface area contributed by atoms with E-state index in [1.807, 2.05) is 20.8 Å². The van der Waals surface area contributed by atoms with Crippen LogP contribution in [-0.4, -0.2) is 24.0 Å². The average molecular weight is 255 g/mol. The van der Waals surface area contributed by atoms with Crippen LogP contribution in [-0.2, 0) is 9.53 Å². The minimum absolute atomic E-state index is 0.267. The maximum Gasteiger partial charge on any atom is 0.407 e. The molecule has 0 spiro atoms. The minimum atomic E-state index is -0.476. The smallest absolute Gasteiger partial charge is 0.407 e. The summed E-state index contributed by atoms with van der Waals surface area (Å²) >= 11 is 0. The lowest BCUT2D eigenvalue weighted by Gasteiger charge is -2.30. The Morgan fingerprint density at radius 3 is 2.61 bits per heavy atom. The first-order valence-corrected chi connectivity index (χ1v) is 6.80. The van der Waals surface area contributed by atoms with Crippen LogP contribution in [0, 0.1) is 11.8 Å². The maximum absolute atomic E-state index is 11.6. The zero-order valence-electron chi connectivity index (χ0n) is 11.9. The van der Waals surface area contributed by atoms with Crippen molar-refractivity contribution in [3.05, 3.63) is 0 Å². The van der Waals surface area contributed by atoms with Crippen molar-refractivity contribution < 1.29 is 14.3 Å². The average Bonchev–Trinajstić information content (AvgIpc) is 2.24. The molecule has 2 unspecified atom stereocenters. The summed E-state index contributed by atoms with van der Waals surface area (Å²) in [4.78, 5) is 23.0. The Balaban J connectivity index is 2.40. The molecule has 0 aliphatic heterocycles. The Kier molecular flexibility index (Phi) is 5.17. The standard InChI is InChI=1S/C14H25NO3/c1-5-10-6-7-12(16)8-11(10)9-15-13(17)18-14(2,3)4/h10-11H,5-9H2,1-4H3,(H,15,17). The summed E-state index contributed by atoms with van der Waals surface area (Å²) < 4.78 is 5.19. The van der Waals surface area contributed by atoms with Gasteiger partial charge in [-0.3, -0.25) is 4.79 Å². The molecule has 104 valence electrons. The van der Waals surface area contributed by atoms with Crippen molar-refractivity contribution in [1.29, 1.82) is 0 Å². The highest BCUT2D eigenvalue weighted by Crippen LogP contribution is 2.29. The number of ketones is 1. The number of carbonyl (C=O) groups is 2. The summed E-state index contributed by atoms with van der Waals surface area (Å²) in [6.45, 7) is 8.20. The van der Waals surface area contributed by atoms with Gasteiger partial charge >= 0.3 is 6.09 Å². The van der Waals surface area contributed by atoms with Crippen LogP contribution < -0.4 is 5.32 Å². The van der Waals surface area contributed by atoms with E-state index in [9.17, 15) is 9.59 Å². The molecule has 4 nitrogen and oxygen atoms in total. The van der Waals surface area contributed by atoms with Gasteiger partial charge in [0.1, 0.15) is 11.4 Å². The van der Waals surface area contributed by atoms with Gasteiger partial charge in [-0.25, -0.2) is 4.79 Å². The van der Waals surface area contributed by atoms with E-state index in [-0.39, 0.29) is 5.92 Å². The molecule has 2 atom stereocenters. The Morgan fingerprint density at radius 1 is 1.39 bits per heavy atom. The van der Waals surface area contributed by atoms with Crippen LogP contribution in [0.25, 0.3) is 0 Å². The third kappa shape index (κ3) is 5.07. The molecule has 0 bridgehead atoms. The molecule has 1 amide bonds. The Morgan fingerprint density at radius 2 is 2.06 bits per heavy atom. The topological polar surface area (TPSA) is 55.4 Å². The summed E-state index contributed by atoms with van der Waals surface area (Å²) in [6, 6.07) is 0. The normalized spacial score (nSPS) is 24.8. The van der Waals surface area contributed by atoms with Crippen LogP contribution in [0.2, 0.25) is 0 Å². The molecule has 0 radical (unpaired) electrons. The van der Waals surface area contributed by atoms with Crippen molar-refractivity contribution >= 4 is 11.9 Å². The first-order valence-electron chi connectivity index (χ1n) is 6.80. The Hall–Kier alpha value is -1.06. The highest BCUT2D eigenvalue weighted by atomic mass is 16.6. The van der Waals surface area contributed by atoms with Crippen molar-refractivity contribution in [1.82, 2.24) is 5.32 Å². The molecule has 1 saturated carbocycles. The number of amides is 1. The van der Waals surface area contributed by atoms with Gasteiger partial charge in [0.05, 0.1) is 0 Å². The van der Waals surface area contributed by atoms with Gasteiger partial charge in [0.25, 0.3) is 0 Å². The van der Waals surface area contributed by atoms with Crippen LogP contribution in [0.1, 0.15) is 53.4 Å². The van der Waals surface area contributed by atoms with E-state index in [1.165, 1.54) is 0 Å². The van der Waals surface area contributed by atoms with Gasteiger partial charge in [0, 0.05) is 19.4 Å². The Bertz CT molecular complexity index is 307. The fourth-order valence-corrected chi connectivity index (χ4v) is 2.45. The fourth-order valence-electron chi connectivity index (χ4n) is 2.45. The number of alkyl carbamates (subject to hydrolysis) is 1.